The van der Waals surface area contributed by atoms with Crippen molar-refractivity contribution in [2.75, 3.05) is 58.3 Å². The number of piperazine rings is 1. The number of oxazole rings is 1. The first kappa shape index (κ1) is 33.5. The van der Waals surface area contributed by atoms with Crippen molar-refractivity contribution in [3.05, 3.63) is 101 Å². The minimum Gasteiger partial charge on any atom is -0.497 e. The number of fused-ring (bicyclic) bond motifs is 1. The Balaban J connectivity index is 1.48. The van der Waals surface area contributed by atoms with E-state index in [2.05, 4.69) is 21.8 Å². The van der Waals surface area contributed by atoms with Crippen LogP contribution in [0.2, 0.25) is 5.02 Å². The summed E-state index contributed by atoms with van der Waals surface area (Å²) in [5, 5.41) is 11.5. The summed E-state index contributed by atoms with van der Waals surface area (Å²) < 4.78 is 47.0. The zero-order valence-corrected chi connectivity index (χ0v) is 29.0. The lowest BCUT2D eigenvalue weighted by molar-refractivity contribution is -0.127. The van der Waals surface area contributed by atoms with E-state index in [1.54, 1.807) is 23.1 Å². The highest BCUT2D eigenvalue weighted by Crippen LogP contribution is 2.57. The van der Waals surface area contributed by atoms with Crippen molar-refractivity contribution in [2.24, 2.45) is 0 Å². The van der Waals surface area contributed by atoms with Crippen molar-refractivity contribution in [1.82, 2.24) is 19.7 Å². The number of aliphatic hydroxyl groups excluding tert-OH is 1. The van der Waals surface area contributed by atoms with Crippen LogP contribution in [0.4, 0.5) is 5.69 Å². The Bertz CT molecular complexity index is 1950. The van der Waals surface area contributed by atoms with Gasteiger partial charge in [-0.05, 0) is 73.6 Å². The number of anilines is 1. The van der Waals surface area contributed by atoms with Gasteiger partial charge in [-0.1, -0.05) is 17.7 Å². The summed E-state index contributed by atoms with van der Waals surface area (Å²) in [4.78, 5) is 26.3. The van der Waals surface area contributed by atoms with Gasteiger partial charge in [0.1, 0.15) is 17.8 Å². The van der Waals surface area contributed by atoms with Crippen molar-refractivity contribution in [3.8, 4) is 11.5 Å². The van der Waals surface area contributed by atoms with Gasteiger partial charge in [0.15, 0.2) is 5.54 Å². The van der Waals surface area contributed by atoms with Crippen LogP contribution in [0.25, 0.3) is 0 Å². The summed E-state index contributed by atoms with van der Waals surface area (Å²) in [6.07, 6.45) is 2.25. The number of likely N-dealkylation sites (N-methyl/N-ethyl adjacent to an activating group) is 1. The molecule has 12 nitrogen and oxygen atoms in total. The number of rotatable bonds is 9. The van der Waals surface area contributed by atoms with Crippen LogP contribution in [0.1, 0.15) is 35.0 Å². The second-order valence-electron chi connectivity index (χ2n) is 12.7. The van der Waals surface area contributed by atoms with Gasteiger partial charge in [-0.3, -0.25) is 14.6 Å². The summed E-state index contributed by atoms with van der Waals surface area (Å²) in [6.45, 7) is 4.22. The van der Waals surface area contributed by atoms with Gasteiger partial charge in [0.25, 0.3) is 15.9 Å². The fraction of sp³-hybridized carbons (Fsp3) is 0.371. The number of likely N-dealkylation sites (tertiary alicyclic amines) is 1. The number of methoxy groups -OCH3 is 2. The molecule has 0 bridgehead atoms. The monoisotopic (exact) mass is 707 g/mol. The summed E-state index contributed by atoms with van der Waals surface area (Å²) in [5.41, 5.74) is -0.0138. The van der Waals surface area contributed by atoms with Gasteiger partial charge in [0, 0.05) is 55.4 Å². The largest absolute Gasteiger partial charge is 0.497 e. The number of β-amino-alcohol motifs (C(OH)–C–C–N with tert-alkyl or cyclic N) is 1. The molecule has 1 amide bonds. The Morgan fingerprint density at radius 1 is 1.00 bits per heavy atom. The molecule has 4 aromatic rings. The van der Waals surface area contributed by atoms with Gasteiger partial charge in [-0.15, -0.1) is 0 Å². The van der Waals surface area contributed by atoms with E-state index in [-0.39, 0.29) is 29.4 Å². The average molecular weight is 708 g/mol. The quantitative estimate of drug-likeness (QED) is 0.272. The van der Waals surface area contributed by atoms with Crippen LogP contribution in [0.3, 0.4) is 0 Å². The highest BCUT2D eigenvalue weighted by Gasteiger charge is 2.63. The normalized spacial score (nSPS) is 23.6. The van der Waals surface area contributed by atoms with Crippen molar-refractivity contribution >= 4 is 33.2 Å². The first-order valence-electron chi connectivity index (χ1n) is 16.0. The van der Waals surface area contributed by atoms with E-state index in [0.717, 1.165) is 36.0 Å². The number of benzene rings is 3. The van der Waals surface area contributed by atoms with Gasteiger partial charge < -0.3 is 23.9 Å². The zero-order chi connectivity index (χ0) is 34.5. The number of sulfonamides is 1. The Hall–Kier alpha value is -3.98. The molecule has 0 radical (unpaired) electrons. The van der Waals surface area contributed by atoms with Crippen LogP contribution >= 0.6 is 11.6 Å². The Labute approximate surface area is 290 Å². The molecule has 0 saturated carbocycles. The zero-order valence-electron chi connectivity index (χ0n) is 27.5. The van der Waals surface area contributed by atoms with Crippen molar-refractivity contribution < 1.29 is 32.2 Å². The predicted molar refractivity (Wildman–Crippen MR) is 182 cm³/mol. The molecule has 3 aliphatic rings. The molecule has 14 heteroatoms. The molecular formula is C35H38ClN5O7S. The van der Waals surface area contributed by atoms with Gasteiger partial charge >= 0.3 is 0 Å². The molecule has 3 aliphatic heterocycles. The summed E-state index contributed by atoms with van der Waals surface area (Å²) in [7, 11) is 0.615. The molecule has 1 aromatic heterocycles. The van der Waals surface area contributed by atoms with Crippen LogP contribution in [-0.2, 0) is 26.9 Å². The lowest BCUT2D eigenvalue weighted by Gasteiger charge is -2.41. The predicted octanol–water partition coefficient (Wildman–Crippen LogP) is 3.88. The average Bonchev–Trinajstić information content (AvgIpc) is 3.83. The SMILES string of the molecule is COc1ccc(S(=O)(=O)N2C(=O)C(c3cc(CN4CCN(C)CC4)ccc3OC)(N3CC(O)CC3c3ncco3)c3cc(Cl)ccc32)cc1. The number of hydrogen-bond donors (Lipinski definition) is 1. The maximum absolute atomic E-state index is 15.6. The number of hydrogen-bond acceptors (Lipinski definition) is 11. The maximum atomic E-state index is 15.6. The number of carbonyl (C=O) groups excluding carboxylic acids is 1. The summed E-state index contributed by atoms with van der Waals surface area (Å²) in [5.74, 6) is 0.366. The van der Waals surface area contributed by atoms with E-state index >= 15 is 4.79 Å². The van der Waals surface area contributed by atoms with Gasteiger partial charge in [-0.25, -0.2) is 17.7 Å². The molecule has 3 unspecified atom stereocenters. The second-order valence-corrected chi connectivity index (χ2v) is 14.9. The molecule has 3 atom stereocenters. The number of nitrogens with zero attached hydrogens (tertiary/aromatic N) is 5. The molecular weight excluding hydrogens is 670 g/mol. The Morgan fingerprint density at radius 3 is 2.43 bits per heavy atom. The van der Waals surface area contributed by atoms with Crippen molar-refractivity contribution in [2.45, 2.75) is 35.5 Å². The van der Waals surface area contributed by atoms with E-state index < -0.39 is 33.6 Å². The van der Waals surface area contributed by atoms with Crippen molar-refractivity contribution in [1.29, 1.82) is 0 Å². The summed E-state index contributed by atoms with van der Waals surface area (Å²) in [6, 6.07) is 15.6. The van der Waals surface area contributed by atoms with Crippen LogP contribution in [0.15, 0.2) is 82.4 Å². The Morgan fingerprint density at radius 2 is 1.76 bits per heavy atom. The standard InChI is InChI=1S/C35H38ClN5O7S/c1-38-13-15-39(16-14-38)21-23-4-11-32(47-3)29(18-23)35(40-22-25(42)20-31(40)33-37-12-17-48-33)28-19-24(36)5-10-30(28)41(34(35)43)49(44,45)27-8-6-26(46-2)7-9-27/h4-12,17-19,25,31,42H,13-16,20-22H2,1-3H3. The van der Waals surface area contributed by atoms with E-state index in [0.29, 0.717) is 34.2 Å². The number of aromatic nitrogens is 1. The third kappa shape index (κ3) is 5.68. The molecule has 7 rings (SSSR count). The molecule has 258 valence electrons. The van der Waals surface area contributed by atoms with Crippen LogP contribution in [-0.4, -0.2) is 99.2 Å². The minimum absolute atomic E-state index is 0.00695. The summed E-state index contributed by atoms with van der Waals surface area (Å²) >= 11 is 6.68. The van der Waals surface area contributed by atoms with E-state index in [4.69, 9.17) is 25.5 Å². The highest BCUT2D eigenvalue weighted by atomic mass is 35.5. The van der Waals surface area contributed by atoms with Crippen LogP contribution < -0.4 is 13.8 Å². The lowest BCUT2D eigenvalue weighted by Crippen LogP contribution is -2.55. The van der Waals surface area contributed by atoms with Gasteiger partial charge in [0.2, 0.25) is 5.89 Å². The third-order valence-electron chi connectivity index (χ3n) is 9.76. The molecule has 0 aliphatic carbocycles. The highest BCUT2D eigenvalue weighted by molar-refractivity contribution is 7.93. The second kappa shape index (κ2) is 13.0. The fourth-order valence-electron chi connectivity index (χ4n) is 7.35. The molecule has 2 saturated heterocycles. The molecule has 49 heavy (non-hydrogen) atoms. The molecule has 4 heterocycles. The smallest absolute Gasteiger partial charge is 0.271 e. The van der Waals surface area contributed by atoms with Crippen LogP contribution in [0.5, 0.6) is 11.5 Å². The number of amides is 1. The van der Waals surface area contributed by atoms with E-state index in [9.17, 15) is 13.5 Å². The molecule has 1 N–H and O–H groups in total. The van der Waals surface area contributed by atoms with E-state index in [1.807, 2.05) is 18.2 Å². The topological polar surface area (TPSA) is 129 Å². The first-order chi connectivity index (χ1) is 23.6. The third-order valence-corrected chi connectivity index (χ3v) is 11.7. The van der Waals surface area contributed by atoms with Crippen LogP contribution in [0, 0.1) is 0 Å². The molecule has 2 fully saturated rings. The minimum atomic E-state index is -4.49. The lowest BCUT2D eigenvalue weighted by atomic mass is 9.80. The molecule has 3 aromatic carbocycles. The maximum Gasteiger partial charge on any atom is 0.271 e. The van der Waals surface area contributed by atoms with E-state index in [1.165, 1.54) is 50.9 Å². The van der Waals surface area contributed by atoms with Gasteiger partial charge in [0.05, 0.1) is 43.1 Å². The van der Waals surface area contributed by atoms with Gasteiger partial charge in [-0.2, -0.15) is 0 Å². The first-order valence-corrected chi connectivity index (χ1v) is 17.9. The Kier molecular flexibility index (Phi) is 8.92. The molecule has 0 spiro atoms. The number of carbonyl (C=O) groups is 1. The number of halogens is 1. The number of aliphatic hydroxyl groups is 1. The van der Waals surface area contributed by atoms with Crippen molar-refractivity contribution in [3.63, 3.8) is 0 Å². The fourth-order valence-corrected chi connectivity index (χ4v) is 8.98. The number of ether oxygens (including phenoxy) is 2.